The lowest BCUT2D eigenvalue weighted by Crippen LogP contribution is -2.42. The maximum atomic E-state index is 12.5. The Bertz CT molecular complexity index is 499. The Hall–Kier alpha value is -1.56. The molecule has 1 aromatic carbocycles. The highest BCUT2D eigenvalue weighted by molar-refractivity contribution is 5.75. The lowest BCUT2D eigenvalue weighted by Gasteiger charge is -2.32. The lowest BCUT2D eigenvalue weighted by atomic mass is 10.1. The van der Waals surface area contributed by atoms with Crippen molar-refractivity contribution >= 4 is 5.91 Å². The summed E-state index contributed by atoms with van der Waals surface area (Å²) in [5, 5.41) is 0. The molecule has 6 heteroatoms. The first kappa shape index (κ1) is 16.8. The van der Waals surface area contributed by atoms with E-state index in [0.29, 0.717) is 18.5 Å². The van der Waals surface area contributed by atoms with Crippen LogP contribution in [0, 0.1) is 0 Å². The van der Waals surface area contributed by atoms with Crippen molar-refractivity contribution < 1.29 is 22.7 Å². The zero-order valence-corrected chi connectivity index (χ0v) is 12.5. The number of hydrogen-bond donors (Lipinski definition) is 0. The summed E-state index contributed by atoms with van der Waals surface area (Å²) in [6.45, 7) is 3.41. The van der Waals surface area contributed by atoms with Crippen LogP contribution < -0.4 is 0 Å². The maximum Gasteiger partial charge on any atom is 0.416 e. The molecule has 1 aliphatic heterocycles. The summed E-state index contributed by atoms with van der Waals surface area (Å²) in [4.78, 5) is 13.5. The summed E-state index contributed by atoms with van der Waals surface area (Å²) in [6.07, 6.45) is -2.13. The third-order valence-corrected chi connectivity index (χ3v) is 3.80. The van der Waals surface area contributed by atoms with Gasteiger partial charge >= 0.3 is 6.18 Å². The Morgan fingerprint density at radius 2 is 2.00 bits per heavy atom. The van der Waals surface area contributed by atoms with Crippen molar-refractivity contribution in [2.45, 2.75) is 45.1 Å². The van der Waals surface area contributed by atoms with E-state index < -0.39 is 11.7 Å². The molecule has 1 fully saturated rings. The quantitative estimate of drug-likeness (QED) is 0.849. The van der Waals surface area contributed by atoms with Gasteiger partial charge in [0, 0.05) is 19.5 Å². The summed E-state index contributed by atoms with van der Waals surface area (Å²) in [7, 11) is 0. The van der Waals surface area contributed by atoms with E-state index in [4.69, 9.17) is 4.74 Å². The molecular weight excluding hydrogens is 295 g/mol. The molecule has 1 atom stereocenters. The maximum absolute atomic E-state index is 12.5. The molecule has 0 N–H and O–H groups in total. The molecule has 0 saturated carbocycles. The second-order valence-electron chi connectivity index (χ2n) is 5.46. The number of amides is 1. The first-order chi connectivity index (χ1) is 10.4. The van der Waals surface area contributed by atoms with Crippen LogP contribution in [0.1, 0.15) is 37.3 Å². The predicted molar refractivity (Wildman–Crippen MR) is 76.1 cm³/mol. The smallest absolute Gasteiger partial charge is 0.372 e. The number of carbonyl (C=O) groups excluding carboxylic acids is 1. The third kappa shape index (κ3) is 4.47. The van der Waals surface area contributed by atoms with Gasteiger partial charge in [0.05, 0.1) is 18.3 Å². The first-order valence-corrected chi connectivity index (χ1v) is 7.45. The fourth-order valence-electron chi connectivity index (χ4n) is 2.53. The normalized spacial score (nSPS) is 19.3. The number of halogens is 3. The molecule has 0 radical (unpaired) electrons. The third-order valence-electron chi connectivity index (χ3n) is 3.80. The van der Waals surface area contributed by atoms with Crippen LogP contribution in [-0.2, 0) is 22.3 Å². The minimum atomic E-state index is -4.32. The van der Waals surface area contributed by atoms with E-state index in [1.165, 1.54) is 12.1 Å². The van der Waals surface area contributed by atoms with E-state index in [1.807, 2.05) is 6.92 Å². The minimum Gasteiger partial charge on any atom is -0.372 e. The first-order valence-electron chi connectivity index (χ1n) is 7.45. The van der Waals surface area contributed by atoms with Gasteiger partial charge in [-0.05, 0) is 30.5 Å². The van der Waals surface area contributed by atoms with Crippen LogP contribution in [0.15, 0.2) is 24.3 Å². The number of piperidine rings is 1. The number of hydrogen-bond acceptors (Lipinski definition) is 2. The van der Waals surface area contributed by atoms with Gasteiger partial charge in [0.15, 0.2) is 0 Å². The Balaban J connectivity index is 1.86. The van der Waals surface area contributed by atoms with Gasteiger partial charge in [0.1, 0.15) is 0 Å². The molecule has 0 aromatic heterocycles. The van der Waals surface area contributed by atoms with Gasteiger partial charge < -0.3 is 9.64 Å². The number of benzene rings is 1. The van der Waals surface area contributed by atoms with Crippen LogP contribution in [0.4, 0.5) is 13.2 Å². The van der Waals surface area contributed by atoms with Crippen molar-refractivity contribution in [3.8, 4) is 0 Å². The molecule has 1 heterocycles. The fourth-order valence-corrected chi connectivity index (χ4v) is 2.53. The summed E-state index contributed by atoms with van der Waals surface area (Å²) in [6, 6.07) is 4.99. The second kappa shape index (κ2) is 7.13. The molecule has 1 aliphatic rings. The molecule has 1 saturated heterocycles. The molecular formula is C16H20F3NO2. The van der Waals surface area contributed by atoms with E-state index >= 15 is 0 Å². The molecule has 0 bridgehead atoms. The highest BCUT2D eigenvalue weighted by Gasteiger charge is 2.30. The molecule has 0 spiro atoms. The van der Waals surface area contributed by atoms with Crippen LogP contribution in [0.25, 0.3) is 0 Å². The number of rotatable bonds is 4. The highest BCUT2D eigenvalue weighted by Crippen LogP contribution is 2.29. The highest BCUT2D eigenvalue weighted by atomic mass is 19.4. The number of carbonyl (C=O) groups is 1. The van der Waals surface area contributed by atoms with Crippen LogP contribution in [0.3, 0.4) is 0 Å². The standard InChI is InChI=1S/C16H20F3NO2/c1-2-15(21)20-9-3-4-14(10-20)22-11-12-5-7-13(8-6-12)16(17,18)19/h5-8,14H,2-4,9-11H2,1H3. The predicted octanol–water partition coefficient (Wildman–Crippen LogP) is 3.62. The molecule has 0 aliphatic carbocycles. The molecule has 2 rings (SSSR count). The van der Waals surface area contributed by atoms with E-state index in [-0.39, 0.29) is 18.6 Å². The lowest BCUT2D eigenvalue weighted by molar-refractivity contribution is -0.137. The van der Waals surface area contributed by atoms with Gasteiger partial charge in [0.25, 0.3) is 0 Å². The Morgan fingerprint density at radius 3 is 2.59 bits per heavy atom. The average Bonchev–Trinajstić information content (AvgIpc) is 2.52. The molecule has 22 heavy (non-hydrogen) atoms. The molecule has 1 unspecified atom stereocenters. The number of ether oxygens (including phenoxy) is 1. The van der Waals surface area contributed by atoms with E-state index in [2.05, 4.69) is 0 Å². The minimum absolute atomic E-state index is 0.0495. The topological polar surface area (TPSA) is 29.5 Å². The van der Waals surface area contributed by atoms with Gasteiger partial charge in [-0.3, -0.25) is 4.79 Å². The zero-order valence-electron chi connectivity index (χ0n) is 12.5. The number of alkyl halides is 3. The van der Waals surface area contributed by atoms with E-state index in [9.17, 15) is 18.0 Å². The van der Waals surface area contributed by atoms with Crippen molar-refractivity contribution in [2.24, 2.45) is 0 Å². The van der Waals surface area contributed by atoms with E-state index in [0.717, 1.165) is 31.5 Å². The Morgan fingerprint density at radius 1 is 1.32 bits per heavy atom. The van der Waals surface area contributed by atoms with Gasteiger partial charge in [0.2, 0.25) is 5.91 Å². The molecule has 1 amide bonds. The Labute approximate surface area is 128 Å². The monoisotopic (exact) mass is 315 g/mol. The largest absolute Gasteiger partial charge is 0.416 e. The van der Waals surface area contributed by atoms with Crippen LogP contribution in [0.5, 0.6) is 0 Å². The summed E-state index contributed by atoms with van der Waals surface area (Å²) >= 11 is 0. The van der Waals surface area contributed by atoms with E-state index in [1.54, 1.807) is 4.90 Å². The summed E-state index contributed by atoms with van der Waals surface area (Å²) in [5.74, 6) is 0.114. The molecule has 1 aromatic rings. The van der Waals surface area contributed by atoms with Crippen molar-refractivity contribution in [1.82, 2.24) is 4.90 Å². The van der Waals surface area contributed by atoms with Gasteiger partial charge in [-0.2, -0.15) is 13.2 Å². The van der Waals surface area contributed by atoms with Crippen LogP contribution in [-0.4, -0.2) is 30.0 Å². The number of likely N-dealkylation sites (tertiary alicyclic amines) is 1. The summed E-state index contributed by atoms with van der Waals surface area (Å²) in [5.41, 5.74) is 0.0422. The zero-order chi connectivity index (χ0) is 16.2. The fraction of sp³-hybridized carbons (Fsp3) is 0.562. The van der Waals surface area contributed by atoms with Gasteiger partial charge in [-0.15, -0.1) is 0 Å². The van der Waals surface area contributed by atoms with Gasteiger partial charge in [-0.25, -0.2) is 0 Å². The molecule has 122 valence electrons. The Kier molecular flexibility index (Phi) is 5.45. The second-order valence-corrected chi connectivity index (χ2v) is 5.46. The van der Waals surface area contributed by atoms with Crippen LogP contribution >= 0.6 is 0 Å². The van der Waals surface area contributed by atoms with Crippen molar-refractivity contribution in [3.05, 3.63) is 35.4 Å². The summed E-state index contributed by atoms with van der Waals surface area (Å²) < 4.78 is 43.2. The average molecular weight is 315 g/mol. The van der Waals surface area contributed by atoms with Gasteiger partial charge in [-0.1, -0.05) is 19.1 Å². The van der Waals surface area contributed by atoms with Crippen molar-refractivity contribution in [1.29, 1.82) is 0 Å². The SMILES string of the molecule is CCC(=O)N1CCCC(OCc2ccc(C(F)(F)F)cc2)C1. The molecule has 3 nitrogen and oxygen atoms in total. The van der Waals surface area contributed by atoms with Crippen LogP contribution in [0.2, 0.25) is 0 Å². The van der Waals surface area contributed by atoms with Crippen molar-refractivity contribution in [2.75, 3.05) is 13.1 Å². The van der Waals surface area contributed by atoms with Crippen molar-refractivity contribution in [3.63, 3.8) is 0 Å². The number of nitrogens with zero attached hydrogens (tertiary/aromatic N) is 1.